The van der Waals surface area contributed by atoms with Gasteiger partial charge in [0.15, 0.2) is 10.9 Å². The lowest BCUT2D eigenvalue weighted by atomic mass is 9.85. The quantitative estimate of drug-likeness (QED) is 0.0609. The van der Waals surface area contributed by atoms with Crippen molar-refractivity contribution >= 4 is 63.5 Å². The van der Waals surface area contributed by atoms with Crippen LogP contribution >= 0.6 is 23.6 Å². The van der Waals surface area contributed by atoms with Gasteiger partial charge in [-0.3, -0.25) is 29.0 Å². The number of Topliss-reactive ketones (excluding diaryl/α,β-unsaturated/α-hetero) is 1. The van der Waals surface area contributed by atoms with Gasteiger partial charge < -0.3 is 29.7 Å². The number of unbranched alkanes of at least 4 members (excludes halogenated alkanes) is 1. The summed E-state index contributed by atoms with van der Waals surface area (Å²) >= 11 is 7.21. The molecule has 2 saturated heterocycles. The molecule has 0 bridgehead atoms. The second-order valence-corrected chi connectivity index (χ2v) is 20.8. The summed E-state index contributed by atoms with van der Waals surface area (Å²) < 4.78 is 52.9. The van der Waals surface area contributed by atoms with Crippen molar-refractivity contribution in [1.29, 1.82) is 5.26 Å². The number of alkyl halides is 3. The van der Waals surface area contributed by atoms with Crippen molar-refractivity contribution < 1.29 is 46.9 Å². The number of aliphatic hydroxyl groups is 1. The summed E-state index contributed by atoms with van der Waals surface area (Å²) in [5.74, 6) is -0.780. The average molecular weight is 1020 g/mol. The molecule has 3 atom stereocenters. The van der Waals surface area contributed by atoms with Gasteiger partial charge in [-0.05, 0) is 125 Å². The minimum Gasteiger partial charge on any atom is -0.494 e. The molecule has 0 aliphatic carbocycles. The molecule has 2 N–H and O–H groups in total. The van der Waals surface area contributed by atoms with Crippen LogP contribution in [0.25, 0.3) is 10.4 Å². The summed E-state index contributed by atoms with van der Waals surface area (Å²) in [6, 6.07) is 17.8. The first-order chi connectivity index (χ1) is 33.5. The number of aliphatic hydroxyl groups excluding tert-OH is 1. The Labute approximate surface area is 422 Å². The number of halogens is 3. The van der Waals surface area contributed by atoms with Crippen LogP contribution in [0.5, 0.6) is 5.75 Å². The number of rotatable bonds is 21. The fourth-order valence-corrected chi connectivity index (χ4v) is 10.1. The largest absolute Gasteiger partial charge is 0.494 e. The smallest absolute Gasteiger partial charge is 0.417 e. The maximum absolute atomic E-state index is 14.1. The lowest BCUT2D eigenvalue weighted by Crippen LogP contribution is -2.57. The Morgan fingerprint density at radius 1 is 1.01 bits per heavy atom. The first-order valence-electron chi connectivity index (χ1n) is 23.6. The number of nitrogens with zero attached hydrogens (tertiary/aromatic N) is 6. The number of aryl methyl sites for hydroxylation is 2. The molecule has 3 aromatic carbocycles. The molecule has 4 aromatic rings. The number of thiazole rings is 1. The van der Waals surface area contributed by atoms with E-state index in [1.807, 2.05) is 69.4 Å². The predicted molar refractivity (Wildman–Crippen MR) is 270 cm³/mol. The number of hydrogen-bond donors (Lipinski definition) is 2. The van der Waals surface area contributed by atoms with Crippen LogP contribution in [-0.2, 0) is 36.5 Å². The second-order valence-electron chi connectivity index (χ2n) is 19.6. The molecule has 1 aromatic heterocycles. The van der Waals surface area contributed by atoms with Crippen LogP contribution in [0.4, 0.5) is 24.5 Å². The van der Waals surface area contributed by atoms with Gasteiger partial charge in [0.25, 0.3) is 5.91 Å². The average Bonchev–Trinajstić information content (AvgIpc) is 3.98. The van der Waals surface area contributed by atoms with Crippen molar-refractivity contribution in [3.8, 4) is 22.3 Å². The number of thiocarbonyl (C=S) groups is 1. The number of carbonyl (C=O) groups excluding carboxylic acids is 4. The summed E-state index contributed by atoms with van der Waals surface area (Å²) in [7, 11) is 1.83. The Bertz CT molecular complexity index is 2590. The van der Waals surface area contributed by atoms with Gasteiger partial charge in [-0.15, -0.1) is 11.3 Å². The maximum Gasteiger partial charge on any atom is 0.417 e. The molecule has 2 fully saturated rings. The highest BCUT2D eigenvalue weighted by atomic mass is 32.1. The third-order valence-corrected chi connectivity index (χ3v) is 14.0. The van der Waals surface area contributed by atoms with E-state index in [-0.39, 0.29) is 54.3 Å². The van der Waals surface area contributed by atoms with Crippen LogP contribution < -0.4 is 19.9 Å². The zero-order valence-electron chi connectivity index (χ0n) is 41.2. The Balaban J connectivity index is 0.882. The molecule has 6 rings (SSSR count). The number of amides is 3. The molecule has 380 valence electrons. The van der Waals surface area contributed by atoms with Crippen LogP contribution in [0, 0.1) is 23.7 Å². The number of hydrogen-bond acceptors (Lipinski definition) is 12. The highest BCUT2D eigenvalue weighted by Gasteiger charge is 2.51. The van der Waals surface area contributed by atoms with Crippen molar-refractivity contribution in [2.45, 2.75) is 110 Å². The van der Waals surface area contributed by atoms with E-state index in [0.29, 0.717) is 50.6 Å². The van der Waals surface area contributed by atoms with E-state index in [2.05, 4.69) is 10.3 Å². The van der Waals surface area contributed by atoms with Gasteiger partial charge in [0.1, 0.15) is 17.3 Å². The second kappa shape index (κ2) is 23.2. The standard InChI is InChI=1S/C52H62F3N7O7S2/c1-33-45(71-32-57-33)35-14-11-34(12-15-35)13-22-43(64)42-28-39(63)30-60(42)47(66)46(50(2,3)4)58-44(65)31-59(7)23-8-9-24-68-25-10-26-69-40-20-18-37(19-21-40)62-49(70)61(48(67)51(62,5)6)38-17-16-36(29-56)41(27-38)52(53,54)55/h11-12,14-21,27,32,39,42,46,63H,8-10,13,22-26,28,30-31H2,1-7H3,(H,58,65)/t39-,42+,46-/m1/s1. The number of likely N-dealkylation sites (tertiary alicyclic amines) is 1. The summed E-state index contributed by atoms with van der Waals surface area (Å²) in [4.78, 5) is 65.9. The molecule has 0 saturated carbocycles. The lowest BCUT2D eigenvalue weighted by Gasteiger charge is -2.35. The Morgan fingerprint density at radius 3 is 2.32 bits per heavy atom. The minimum absolute atomic E-state index is 0.00318. The molecule has 2 aliphatic rings. The Morgan fingerprint density at radius 2 is 1.69 bits per heavy atom. The highest BCUT2D eigenvalue weighted by Crippen LogP contribution is 2.40. The summed E-state index contributed by atoms with van der Waals surface area (Å²) in [5.41, 5.74) is 1.71. The molecule has 0 spiro atoms. The predicted octanol–water partition coefficient (Wildman–Crippen LogP) is 8.12. The number of nitriles is 1. The summed E-state index contributed by atoms with van der Waals surface area (Å²) in [5, 5.41) is 22.8. The number of ether oxygens (including phenoxy) is 2. The molecule has 19 heteroatoms. The number of nitrogens with one attached hydrogen (secondary N) is 1. The molecule has 14 nitrogen and oxygen atoms in total. The van der Waals surface area contributed by atoms with Crippen LogP contribution in [0.3, 0.4) is 0 Å². The van der Waals surface area contributed by atoms with E-state index < -0.39 is 52.4 Å². The Kier molecular flexibility index (Phi) is 17.8. The highest BCUT2D eigenvalue weighted by molar-refractivity contribution is 7.81. The van der Waals surface area contributed by atoms with Crippen molar-refractivity contribution in [2.75, 3.05) is 56.3 Å². The van der Waals surface area contributed by atoms with Crippen LogP contribution in [0.2, 0.25) is 0 Å². The first kappa shape index (κ1) is 54.6. The lowest BCUT2D eigenvalue weighted by molar-refractivity contribution is -0.143. The van der Waals surface area contributed by atoms with Gasteiger partial charge in [-0.25, -0.2) is 4.98 Å². The van der Waals surface area contributed by atoms with Gasteiger partial charge >= 0.3 is 6.18 Å². The van der Waals surface area contributed by atoms with Gasteiger partial charge in [0, 0.05) is 44.7 Å². The van der Waals surface area contributed by atoms with Crippen molar-refractivity contribution in [3.63, 3.8) is 0 Å². The van der Waals surface area contributed by atoms with Gasteiger partial charge in [-0.1, -0.05) is 45.0 Å². The molecule has 3 amide bonds. The summed E-state index contributed by atoms with van der Waals surface area (Å²) in [6.07, 6.45) is -2.63. The van der Waals surface area contributed by atoms with Crippen LogP contribution in [0.15, 0.2) is 72.2 Å². The monoisotopic (exact) mass is 1020 g/mol. The van der Waals surface area contributed by atoms with E-state index in [1.165, 1.54) is 11.0 Å². The zero-order valence-corrected chi connectivity index (χ0v) is 42.8. The topological polar surface area (TPSA) is 169 Å². The van der Waals surface area contributed by atoms with Gasteiger partial charge in [-0.2, -0.15) is 18.4 Å². The molecular weight excluding hydrogens is 956 g/mol. The van der Waals surface area contributed by atoms with Crippen LogP contribution in [0.1, 0.15) is 89.1 Å². The minimum atomic E-state index is -4.80. The number of ketones is 1. The maximum atomic E-state index is 14.1. The van der Waals surface area contributed by atoms with Crippen molar-refractivity contribution in [1.82, 2.24) is 20.1 Å². The molecule has 0 unspecified atom stereocenters. The van der Waals surface area contributed by atoms with E-state index in [1.54, 1.807) is 60.4 Å². The Hall–Kier alpha value is -5.78. The molecule has 71 heavy (non-hydrogen) atoms. The number of aromatic nitrogens is 1. The third-order valence-electron chi connectivity index (χ3n) is 12.6. The van der Waals surface area contributed by atoms with E-state index in [4.69, 9.17) is 21.7 Å². The number of β-amino-alcohol motifs (C(OH)–C–C–N with tert-alkyl or cyclic N) is 1. The van der Waals surface area contributed by atoms with Gasteiger partial charge in [0.2, 0.25) is 11.8 Å². The number of likely N-dealkylation sites (N-methyl/N-ethyl adjacent to an activating group) is 1. The number of anilines is 2. The van der Waals surface area contributed by atoms with Gasteiger partial charge in [0.05, 0.1) is 64.3 Å². The van der Waals surface area contributed by atoms with Crippen molar-refractivity contribution in [2.24, 2.45) is 5.41 Å². The van der Waals surface area contributed by atoms with E-state index >= 15 is 0 Å². The molecular formula is C52H62F3N7O7S2. The third kappa shape index (κ3) is 13.4. The molecule has 2 aliphatic heterocycles. The zero-order chi connectivity index (χ0) is 51.8. The van der Waals surface area contributed by atoms with Crippen molar-refractivity contribution in [3.05, 3.63) is 94.6 Å². The fraction of sp³-hybridized carbons (Fsp3) is 0.481. The summed E-state index contributed by atoms with van der Waals surface area (Å²) in [6.45, 7) is 12.9. The molecule has 0 radical (unpaired) electrons. The SMILES string of the molecule is Cc1ncsc1-c1ccc(CCC(=O)[C@@H]2C[C@@H](O)CN2C(=O)[C@@H](NC(=O)CN(C)CCCCOCCCOc2ccc(N3C(=S)N(c4ccc(C#N)c(C(F)(F)F)c4)C(=O)C3(C)C)cc2)C(C)(C)C)cc1. The number of carbonyl (C=O) groups is 4. The van der Waals surface area contributed by atoms with Crippen LogP contribution in [-0.4, -0.2) is 119 Å². The molecule has 3 heterocycles. The fourth-order valence-electron chi connectivity index (χ4n) is 8.73. The van der Waals surface area contributed by atoms with E-state index in [0.717, 1.165) is 51.6 Å². The first-order valence-corrected chi connectivity index (χ1v) is 24.9. The van der Waals surface area contributed by atoms with E-state index in [9.17, 15) is 42.7 Å². The normalized spacial score (nSPS) is 17.5. The number of benzene rings is 3.